The molecule has 3 aromatic rings. The van der Waals surface area contributed by atoms with E-state index in [4.69, 9.17) is 0 Å². The average molecular weight is 236 g/mol. The standard InChI is InChI=1S/C15H12N2O/c1-2-17-14-6-4-3-5-12(14)13-8-7-11(16-10-18)9-15(13)17/h3-9H,2H2,1H3. The van der Waals surface area contributed by atoms with E-state index in [0.29, 0.717) is 5.69 Å². The third-order valence-electron chi connectivity index (χ3n) is 3.25. The second kappa shape index (κ2) is 4.13. The van der Waals surface area contributed by atoms with Crippen LogP contribution in [-0.4, -0.2) is 10.6 Å². The van der Waals surface area contributed by atoms with Crippen molar-refractivity contribution in [3.05, 3.63) is 42.5 Å². The van der Waals surface area contributed by atoms with E-state index in [-0.39, 0.29) is 0 Å². The molecule has 0 saturated heterocycles. The summed E-state index contributed by atoms with van der Waals surface area (Å²) in [6, 6.07) is 14.1. The molecule has 0 bridgehead atoms. The Kier molecular flexibility index (Phi) is 2.47. The molecule has 0 fully saturated rings. The number of para-hydroxylation sites is 1. The molecule has 0 aliphatic carbocycles. The van der Waals surface area contributed by atoms with Crippen molar-refractivity contribution in [2.24, 2.45) is 4.99 Å². The highest BCUT2D eigenvalue weighted by Gasteiger charge is 2.09. The van der Waals surface area contributed by atoms with Crippen LogP contribution >= 0.6 is 0 Å². The van der Waals surface area contributed by atoms with Gasteiger partial charge in [-0.2, -0.15) is 4.99 Å². The molecule has 0 spiro atoms. The number of benzene rings is 2. The molecule has 0 amide bonds. The van der Waals surface area contributed by atoms with Crippen molar-refractivity contribution in [2.75, 3.05) is 0 Å². The van der Waals surface area contributed by atoms with Crippen LogP contribution in [0.5, 0.6) is 0 Å². The number of nitrogens with zero attached hydrogens (tertiary/aromatic N) is 2. The van der Waals surface area contributed by atoms with Crippen LogP contribution in [0.1, 0.15) is 6.92 Å². The zero-order chi connectivity index (χ0) is 12.5. The van der Waals surface area contributed by atoms with E-state index >= 15 is 0 Å². The highest BCUT2D eigenvalue weighted by atomic mass is 16.1. The Balaban J connectivity index is 2.47. The van der Waals surface area contributed by atoms with Gasteiger partial charge in [0.05, 0.1) is 11.2 Å². The zero-order valence-electron chi connectivity index (χ0n) is 10.1. The first kappa shape index (κ1) is 10.8. The first-order valence-corrected chi connectivity index (χ1v) is 5.94. The van der Waals surface area contributed by atoms with Crippen molar-refractivity contribution >= 4 is 33.6 Å². The first-order chi connectivity index (χ1) is 8.85. The minimum atomic E-state index is 0.648. The van der Waals surface area contributed by atoms with Gasteiger partial charge < -0.3 is 4.57 Å². The molecule has 88 valence electrons. The maximum absolute atomic E-state index is 10.3. The Morgan fingerprint density at radius 1 is 1.11 bits per heavy atom. The summed E-state index contributed by atoms with van der Waals surface area (Å²) >= 11 is 0. The lowest BCUT2D eigenvalue weighted by atomic mass is 10.1. The summed E-state index contributed by atoms with van der Waals surface area (Å²) in [4.78, 5) is 14.0. The molecule has 3 heteroatoms. The number of carbonyl (C=O) groups excluding carboxylic acids is 1. The number of fused-ring (bicyclic) bond motifs is 3. The molecule has 18 heavy (non-hydrogen) atoms. The van der Waals surface area contributed by atoms with E-state index in [0.717, 1.165) is 12.1 Å². The van der Waals surface area contributed by atoms with Gasteiger partial charge in [0.25, 0.3) is 0 Å². The van der Waals surface area contributed by atoms with E-state index in [1.807, 2.05) is 30.3 Å². The third kappa shape index (κ3) is 1.45. The predicted molar refractivity (Wildman–Crippen MR) is 72.9 cm³/mol. The van der Waals surface area contributed by atoms with Crippen molar-refractivity contribution in [3.63, 3.8) is 0 Å². The lowest BCUT2D eigenvalue weighted by molar-refractivity contribution is 0.565. The van der Waals surface area contributed by atoms with E-state index < -0.39 is 0 Å². The van der Waals surface area contributed by atoms with Gasteiger partial charge >= 0.3 is 0 Å². The SMILES string of the molecule is CCn1c2ccccc2c2ccc(N=C=O)cc21. The number of aryl methyl sites for hydroxylation is 1. The summed E-state index contributed by atoms with van der Waals surface area (Å²) in [6.07, 6.45) is 1.59. The van der Waals surface area contributed by atoms with Crippen LogP contribution in [0.3, 0.4) is 0 Å². The molecule has 2 aromatic carbocycles. The Bertz CT molecular complexity index is 780. The van der Waals surface area contributed by atoms with Gasteiger partial charge in [-0.05, 0) is 25.1 Å². The topological polar surface area (TPSA) is 34.4 Å². The van der Waals surface area contributed by atoms with Crippen molar-refractivity contribution in [2.45, 2.75) is 13.5 Å². The number of hydrogen-bond acceptors (Lipinski definition) is 2. The molecule has 0 aliphatic heterocycles. The van der Waals surface area contributed by atoms with E-state index in [9.17, 15) is 4.79 Å². The minimum absolute atomic E-state index is 0.648. The van der Waals surface area contributed by atoms with Crippen LogP contribution in [0.4, 0.5) is 5.69 Å². The highest BCUT2D eigenvalue weighted by molar-refractivity contribution is 6.08. The van der Waals surface area contributed by atoms with Crippen LogP contribution in [-0.2, 0) is 11.3 Å². The van der Waals surface area contributed by atoms with Gasteiger partial charge in [-0.3, -0.25) is 0 Å². The van der Waals surface area contributed by atoms with Gasteiger partial charge in [0.15, 0.2) is 0 Å². The van der Waals surface area contributed by atoms with Gasteiger partial charge in [-0.25, -0.2) is 4.79 Å². The first-order valence-electron chi connectivity index (χ1n) is 5.94. The Morgan fingerprint density at radius 3 is 2.67 bits per heavy atom. The molecule has 0 radical (unpaired) electrons. The van der Waals surface area contributed by atoms with Gasteiger partial charge in [0.1, 0.15) is 0 Å². The van der Waals surface area contributed by atoms with Crippen LogP contribution in [0.15, 0.2) is 47.5 Å². The van der Waals surface area contributed by atoms with Gasteiger partial charge in [0.2, 0.25) is 6.08 Å². The van der Waals surface area contributed by atoms with Crippen molar-refractivity contribution in [1.29, 1.82) is 0 Å². The molecule has 0 saturated carbocycles. The summed E-state index contributed by atoms with van der Waals surface area (Å²) < 4.78 is 2.23. The zero-order valence-corrected chi connectivity index (χ0v) is 10.1. The van der Waals surface area contributed by atoms with E-state index in [2.05, 4.69) is 28.6 Å². The van der Waals surface area contributed by atoms with E-state index in [1.165, 1.54) is 16.3 Å². The number of hydrogen-bond donors (Lipinski definition) is 0. The number of rotatable bonds is 2. The summed E-state index contributed by atoms with van der Waals surface area (Å²) in [5.74, 6) is 0. The molecule has 0 atom stereocenters. The van der Waals surface area contributed by atoms with Gasteiger partial charge in [-0.1, -0.05) is 24.3 Å². The molecule has 3 rings (SSSR count). The monoisotopic (exact) mass is 236 g/mol. The molecular weight excluding hydrogens is 224 g/mol. The second-order valence-corrected chi connectivity index (χ2v) is 4.17. The number of aromatic nitrogens is 1. The normalized spacial score (nSPS) is 10.7. The smallest absolute Gasteiger partial charge is 0.240 e. The largest absolute Gasteiger partial charge is 0.341 e. The van der Waals surface area contributed by atoms with Crippen molar-refractivity contribution < 1.29 is 4.79 Å². The quantitative estimate of drug-likeness (QED) is 0.492. The molecule has 3 nitrogen and oxygen atoms in total. The fraction of sp³-hybridized carbons (Fsp3) is 0.133. The van der Waals surface area contributed by atoms with Crippen LogP contribution in [0.2, 0.25) is 0 Å². The second-order valence-electron chi connectivity index (χ2n) is 4.17. The molecule has 0 aliphatic rings. The Hall–Kier alpha value is -2.38. The van der Waals surface area contributed by atoms with E-state index in [1.54, 1.807) is 6.08 Å². The number of isocyanates is 1. The predicted octanol–water partition coefficient (Wildman–Crippen LogP) is 3.78. The minimum Gasteiger partial charge on any atom is -0.341 e. The molecule has 1 heterocycles. The van der Waals surface area contributed by atoms with Crippen molar-refractivity contribution in [3.8, 4) is 0 Å². The molecule has 1 aromatic heterocycles. The Labute approximate surface area is 104 Å². The molecule has 0 N–H and O–H groups in total. The lowest BCUT2D eigenvalue weighted by Gasteiger charge is -2.02. The van der Waals surface area contributed by atoms with Gasteiger partial charge in [-0.15, -0.1) is 0 Å². The summed E-state index contributed by atoms with van der Waals surface area (Å²) in [7, 11) is 0. The summed E-state index contributed by atoms with van der Waals surface area (Å²) in [5.41, 5.74) is 2.97. The van der Waals surface area contributed by atoms with Gasteiger partial charge in [0, 0.05) is 22.8 Å². The third-order valence-corrected chi connectivity index (χ3v) is 3.25. The Morgan fingerprint density at radius 2 is 1.89 bits per heavy atom. The van der Waals surface area contributed by atoms with Crippen LogP contribution in [0.25, 0.3) is 21.8 Å². The maximum Gasteiger partial charge on any atom is 0.240 e. The lowest BCUT2D eigenvalue weighted by Crippen LogP contribution is -1.92. The maximum atomic E-state index is 10.3. The fourth-order valence-electron chi connectivity index (χ4n) is 2.50. The summed E-state index contributed by atoms with van der Waals surface area (Å²) in [5, 5.41) is 2.42. The van der Waals surface area contributed by atoms with Crippen molar-refractivity contribution in [1.82, 2.24) is 4.57 Å². The molecule has 0 unspecified atom stereocenters. The van der Waals surface area contributed by atoms with Crippen LogP contribution < -0.4 is 0 Å². The molecular formula is C15H12N2O. The highest BCUT2D eigenvalue weighted by Crippen LogP contribution is 2.31. The van der Waals surface area contributed by atoms with Crippen LogP contribution in [0, 0.1) is 0 Å². The fourth-order valence-corrected chi connectivity index (χ4v) is 2.50. The summed E-state index contributed by atoms with van der Waals surface area (Å²) in [6.45, 7) is 3.00. The average Bonchev–Trinajstić information content (AvgIpc) is 2.72. The number of aliphatic imine (C=N–C) groups is 1.